The van der Waals surface area contributed by atoms with Crippen molar-refractivity contribution in [3.8, 4) is 0 Å². The first-order chi connectivity index (χ1) is 9.66. The molecule has 1 aromatic carbocycles. The molecule has 0 spiro atoms. The summed E-state index contributed by atoms with van der Waals surface area (Å²) >= 11 is 0. The fraction of sp³-hybridized carbons (Fsp3) is 0.375. The van der Waals surface area contributed by atoms with E-state index in [2.05, 4.69) is 22.9 Å². The van der Waals surface area contributed by atoms with Gasteiger partial charge in [-0.3, -0.25) is 9.78 Å². The Bertz CT molecular complexity index is 636. The van der Waals surface area contributed by atoms with Crippen molar-refractivity contribution in [2.45, 2.75) is 25.8 Å². The van der Waals surface area contributed by atoms with Crippen LogP contribution < -0.4 is 4.90 Å². The predicted octanol–water partition coefficient (Wildman–Crippen LogP) is 2.92. The number of anilines is 1. The van der Waals surface area contributed by atoms with E-state index in [0.29, 0.717) is 12.8 Å². The molecule has 1 aromatic heterocycles. The minimum absolute atomic E-state index is 0.214. The number of aliphatic carboxylic acids is 1. The monoisotopic (exact) mass is 270 g/mol. The van der Waals surface area contributed by atoms with Crippen LogP contribution in [0.4, 0.5) is 5.69 Å². The lowest BCUT2D eigenvalue weighted by atomic mass is 9.91. The van der Waals surface area contributed by atoms with Crippen LogP contribution in [0.15, 0.2) is 36.5 Å². The van der Waals surface area contributed by atoms with E-state index in [1.165, 1.54) is 0 Å². The summed E-state index contributed by atoms with van der Waals surface area (Å²) in [5.74, 6) is -0.884. The van der Waals surface area contributed by atoms with Crippen molar-refractivity contribution in [2.24, 2.45) is 5.92 Å². The summed E-state index contributed by atoms with van der Waals surface area (Å²) in [5, 5.41) is 10.3. The minimum Gasteiger partial charge on any atom is -0.481 e. The van der Waals surface area contributed by atoms with Crippen LogP contribution in [0.3, 0.4) is 0 Å². The van der Waals surface area contributed by atoms with Crippen LogP contribution >= 0.6 is 0 Å². The lowest BCUT2D eigenvalue weighted by molar-refractivity contribution is -0.142. The van der Waals surface area contributed by atoms with Gasteiger partial charge >= 0.3 is 5.97 Å². The van der Waals surface area contributed by atoms with Crippen LogP contribution in [0.1, 0.15) is 19.8 Å². The second-order valence-corrected chi connectivity index (χ2v) is 5.45. The van der Waals surface area contributed by atoms with Crippen LogP contribution in [-0.4, -0.2) is 28.6 Å². The number of fused-ring (bicyclic) bond motifs is 1. The number of carboxylic acid groups (broad SMARTS) is 1. The second kappa shape index (κ2) is 5.12. The maximum Gasteiger partial charge on any atom is 0.306 e. The number of nitrogens with zero attached hydrogens (tertiary/aromatic N) is 2. The first-order valence-electron chi connectivity index (χ1n) is 7.00. The number of aromatic nitrogens is 1. The van der Waals surface area contributed by atoms with Crippen molar-refractivity contribution in [1.82, 2.24) is 4.98 Å². The van der Waals surface area contributed by atoms with Crippen LogP contribution in [0.5, 0.6) is 0 Å². The standard InChI is InChI=1S/C16H18N2O2/c1-11-10-12(16(19)20)7-9-18(11)15-6-8-17-14-5-3-2-4-13(14)15/h2-6,8,11-12H,7,9-10H2,1H3,(H,19,20). The maximum atomic E-state index is 11.1. The molecule has 0 bridgehead atoms. The van der Waals surface area contributed by atoms with Crippen molar-refractivity contribution >= 4 is 22.6 Å². The SMILES string of the molecule is CC1CC(C(=O)O)CCN1c1ccnc2ccccc12. The lowest BCUT2D eigenvalue weighted by Gasteiger charge is -2.38. The first-order valence-corrected chi connectivity index (χ1v) is 7.00. The summed E-state index contributed by atoms with van der Waals surface area (Å²) in [4.78, 5) is 17.8. The van der Waals surface area contributed by atoms with Crippen molar-refractivity contribution in [3.63, 3.8) is 0 Å². The molecule has 2 unspecified atom stereocenters. The molecule has 4 nitrogen and oxygen atoms in total. The molecule has 0 saturated carbocycles. The van der Waals surface area contributed by atoms with Gasteiger partial charge in [-0.15, -0.1) is 0 Å². The Morgan fingerprint density at radius 2 is 2.15 bits per heavy atom. The van der Waals surface area contributed by atoms with Crippen molar-refractivity contribution in [3.05, 3.63) is 36.5 Å². The van der Waals surface area contributed by atoms with Crippen LogP contribution in [0.25, 0.3) is 10.9 Å². The average molecular weight is 270 g/mol. The van der Waals surface area contributed by atoms with E-state index in [4.69, 9.17) is 5.11 Å². The Balaban J connectivity index is 1.94. The number of para-hydroxylation sites is 1. The number of carbonyl (C=O) groups is 1. The third-order valence-electron chi connectivity index (χ3n) is 4.16. The molecular formula is C16H18N2O2. The zero-order chi connectivity index (χ0) is 14.1. The van der Waals surface area contributed by atoms with Gasteiger partial charge in [0, 0.05) is 29.9 Å². The maximum absolute atomic E-state index is 11.1. The molecule has 0 radical (unpaired) electrons. The number of carboxylic acids is 1. The van der Waals surface area contributed by atoms with Crippen LogP contribution in [0, 0.1) is 5.92 Å². The molecule has 1 aliphatic rings. The fourth-order valence-electron chi connectivity index (χ4n) is 3.09. The topological polar surface area (TPSA) is 53.4 Å². The Morgan fingerprint density at radius 3 is 2.90 bits per heavy atom. The Morgan fingerprint density at radius 1 is 1.35 bits per heavy atom. The third-order valence-corrected chi connectivity index (χ3v) is 4.16. The van der Waals surface area contributed by atoms with E-state index >= 15 is 0 Å². The minimum atomic E-state index is -0.670. The van der Waals surface area contributed by atoms with E-state index in [-0.39, 0.29) is 12.0 Å². The van der Waals surface area contributed by atoms with E-state index in [0.717, 1.165) is 23.1 Å². The Labute approximate surface area is 118 Å². The van der Waals surface area contributed by atoms with E-state index in [9.17, 15) is 4.79 Å². The van der Waals surface area contributed by atoms with E-state index in [1.807, 2.05) is 30.5 Å². The smallest absolute Gasteiger partial charge is 0.306 e. The molecule has 0 amide bonds. The van der Waals surface area contributed by atoms with Gasteiger partial charge in [-0.2, -0.15) is 0 Å². The van der Waals surface area contributed by atoms with Gasteiger partial charge in [-0.05, 0) is 31.9 Å². The number of hydrogen-bond donors (Lipinski definition) is 1. The molecular weight excluding hydrogens is 252 g/mol. The highest BCUT2D eigenvalue weighted by atomic mass is 16.4. The summed E-state index contributed by atoms with van der Waals surface area (Å²) < 4.78 is 0. The number of pyridine rings is 1. The molecule has 4 heteroatoms. The summed E-state index contributed by atoms with van der Waals surface area (Å²) in [7, 11) is 0. The van der Waals surface area contributed by atoms with Gasteiger partial charge in [-0.25, -0.2) is 0 Å². The molecule has 2 atom stereocenters. The molecule has 104 valence electrons. The van der Waals surface area contributed by atoms with Gasteiger partial charge in [0.25, 0.3) is 0 Å². The normalized spacial score (nSPS) is 22.9. The Kier molecular flexibility index (Phi) is 3.30. The van der Waals surface area contributed by atoms with Crippen molar-refractivity contribution in [2.75, 3.05) is 11.4 Å². The number of rotatable bonds is 2. The van der Waals surface area contributed by atoms with Crippen LogP contribution in [-0.2, 0) is 4.79 Å². The zero-order valence-corrected chi connectivity index (χ0v) is 11.5. The number of hydrogen-bond acceptors (Lipinski definition) is 3. The first kappa shape index (κ1) is 12.9. The van der Waals surface area contributed by atoms with Crippen molar-refractivity contribution < 1.29 is 9.90 Å². The van der Waals surface area contributed by atoms with Gasteiger partial charge in [0.05, 0.1) is 11.4 Å². The molecule has 1 saturated heterocycles. The molecule has 1 fully saturated rings. The third kappa shape index (κ3) is 2.22. The lowest BCUT2D eigenvalue weighted by Crippen LogP contribution is -2.42. The zero-order valence-electron chi connectivity index (χ0n) is 11.5. The summed E-state index contributed by atoms with van der Waals surface area (Å²) in [6.45, 7) is 2.89. The number of piperidine rings is 1. The van der Waals surface area contributed by atoms with Gasteiger partial charge in [0.1, 0.15) is 0 Å². The molecule has 2 heterocycles. The average Bonchev–Trinajstić information content (AvgIpc) is 2.46. The quantitative estimate of drug-likeness (QED) is 0.911. The van der Waals surface area contributed by atoms with E-state index < -0.39 is 5.97 Å². The van der Waals surface area contributed by atoms with Gasteiger partial charge < -0.3 is 10.0 Å². The van der Waals surface area contributed by atoms with Gasteiger partial charge in [-0.1, -0.05) is 18.2 Å². The fourth-order valence-corrected chi connectivity index (χ4v) is 3.09. The molecule has 1 N–H and O–H groups in total. The highest BCUT2D eigenvalue weighted by molar-refractivity contribution is 5.91. The highest BCUT2D eigenvalue weighted by Gasteiger charge is 2.30. The molecule has 20 heavy (non-hydrogen) atoms. The second-order valence-electron chi connectivity index (χ2n) is 5.45. The molecule has 0 aliphatic carbocycles. The van der Waals surface area contributed by atoms with Gasteiger partial charge in [0.2, 0.25) is 0 Å². The highest BCUT2D eigenvalue weighted by Crippen LogP contribution is 2.32. The number of benzene rings is 1. The summed E-state index contributed by atoms with van der Waals surface area (Å²) in [6, 6.07) is 10.3. The van der Waals surface area contributed by atoms with Crippen LogP contribution in [0.2, 0.25) is 0 Å². The summed E-state index contributed by atoms with van der Waals surface area (Å²) in [6.07, 6.45) is 3.23. The summed E-state index contributed by atoms with van der Waals surface area (Å²) in [5.41, 5.74) is 2.14. The van der Waals surface area contributed by atoms with E-state index in [1.54, 1.807) is 0 Å². The van der Waals surface area contributed by atoms with Crippen molar-refractivity contribution in [1.29, 1.82) is 0 Å². The largest absolute Gasteiger partial charge is 0.481 e. The molecule has 2 aromatic rings. The predicted molar refractivity (Wildman–Crippen MR) is 78.9 cm³/mol. The van der Waals surface area contributed by atoms with Gasteiger partial charge in [0.15, 0.2) is 0 Å². The molecule has 1 aliphatic heterocycles. The Hall–Kier alpha value is -2.10. The molecule has 3 rings (SSSR count).